The zero-order valence-corrected chi connectivity index (χ0v) is 24.7. The number of carboxylic acid groups (broad SMARTS) is 1. The summed E-state index contributed by atoms with van der Waals surface area (Å²) in [4.78, 5) is 38.8. The van der Waals surface area contributed by atoms with Crippen molar-refractivity contribution in [3.05, 3.63) is 62.5 Å². The lowest BCUT2D eigenvalue weighted by atomic mass is 9.93. The number of nitrogens with one attached hydrogen (secondary N) is 1. The normalized spacial score (nSPS) is 23.6. The highest BCUT2D eigenvalue weighted by atomic mass is 35.5. The average molecular weight is 606 g/mol. The number of morpholine rings is 1. The molecular formula is C28H33ClFN5O5S. The molecule has 3 unspecified atom stereocenters. The zero-order valence-electron chi connectivity index (χ0n) is 23.1. The molecule has 0 aliphatic carbocycles. The predicted octanol–water partition coefficient (Wildman–Crippen LogP) is 3.34. The lowest BCUT2D eigenvalue weighted by molar-refractivity contribution is -0.148. The van der Waals surface area contributed by atoms with Gasteiger partial charge >= 0.3 is 11.9 Å². The molecule has 0 radical (unpaired) electrons. The Morgan fingerprint density at radius 2 is 2.15 bits per heavy atom. The van der Waals surface area contributed by atoms with Crippen LogP contribution >= 0.6 is 22.9 Å². The second kappa shape index (κ2) is 12.1. The number of carbonyl (C=O) groups is 2. The molecule has 10 nitrogen and oxygen atoms in total. The van der Waals surface area contributed by atoms with Crippen molar-refractivity contribution in [1.29, 1.82) is 0 Å². The fourth-order valence-electron chi connectivity index (χ4n) is 5.56. The number of carboxylic acids is 1. The van der Waals surface area contributed by atoms with Crippen LogP contribution in [0.15, 0.2) is 46.0 Å². The minimum Gasteiger partial charge on any atom is -0.481 e. The van der Waals surface area contributed by atoms with Crippen molar-refractivity contribution >= 4 is 40.7 Å². The first-order chi connectivity index (χ1) is 19.6. The van der Waals surface area contributed by atoms with Gasteiger partial charge in [0.25, 0.3) is 0 Å². The Kier molecular flexibility index (Phi) is 8.76. The molecule has 2 saturated heterocycles. The highest BCUT2D eigenvalue weighted by Gasteiger charge is 2.44. The summed E-state index contributed by atoms with van der Waals surface area (Å²) in [6, 6.07) is 3.52. The number of fused-ring (bicyclic) bond motifs is 1. The molecule has 220 valence electrons. The predicted molar refractivity (Wildman–Crippen MR) is 153 cm³/mol. The van der Waals surface area contributed by atoms with E-state index in [0.29, 0.717) is 61.4 Å². The molecule has 3 aliphatic heterocycles. The number of likely N-dealkylation sites (tertiary alicyclic amines) is 1. The van der Waals surface area contributed by atoms with Crippen molar-refractivity contribution < 1.29 is 28.6 Å². The Morgan fingerprint density at radius 3 is 2.85 bits per heavy atom. The number of nitrogens with zero attached hydrogens (tertiary/aromatic N) is 4. The molecule has 3 aliphatic rings. The van der Waals surface area contributed by atoms with Gasteiger partial charge in [-0.25, -0.2) is 14.2 Å². The number of benzene rings is 1. The van der Waals surface area contributed by atoms with Gasteiger partial charge in [-0.1, -0.05) is 23.7 Å². The van der Waals surface area contributed by atoms with Crippen molar-refractivity contribution in [2.75, 3.05) is 45.9 Å². The maximum atomic E-state index is 14.6. The Hall–Kier alpha value is -2.90. The third kappa shape index (κ3) is 6.17. The number of carbonyl (C=O) groups excluding carboxylic acids is 1. The third-order valence-corrected chi connectivity index (χ3v) is 8.76. The number of rotatable bonds is 9. The van der Waals surface area contributed by atoms with E-state index in [1.54, 1.807) is 33.0 Å². The molecule has 0 spiro atoms. The molecule has 4 heterocycles. The molecule has 41 heavy (non-hydrogen) atoms. The van der Waals surface area contributed by atoms with E-state index in [-0.39, 0.29) is 29.3 Å². The molecule has 0 amide bonds. The second-order valence-corrected chi connectivity index (χ2v) is 12.2. The summed E-state index contributed by atoms with van der Waals surface area (Å²) in [5, 5.41) is 15.3. The highest BCUT2D eigenvalue weighted by molar-refractivity contribution is 7.11. The Morgan fingerprint density at radius 1 is 1.34 bits per heavy atom. The van der Waals surface area contributed by atoms with Gasteiger partial charge in [0.1, 0.15) is 11.9 Å². The summed E-state index contributed by atoms with van der Waals surface area (Å²) in [5.41, 5.74) is 0.272. The van der Waals surface area contributed by atoms with Crippen LogP contribution in [0.2, 0.25) is 5.02 Å². The maximum Gasteiger partial charge on any atom is 0.338 e. The van der Waals surface area contributed by atoms with Gasteiger partial charge in [-0.2, -0.15) is 0 Å². The number of halogens is 2. The third-order valence-electron chi connectivity index (χ3n) is 7.58. The van der Waals surface area contributed by atoms with E-state index in [4.69, 9.17) is 26.1 Å². The van der Waals surface area contributed by atoms with Crippen molar-refractivity contribution in [3.8, 4) is 0 Å². The molecule has 1 aromatic carbocycles. The lowest BCUT2D eigenvalue weighted by Crippen LogP contribution is -2.53. The Balaban J connectivity index is 1.51. The van der Waals surface area contributed by atoms with Crippen LogP contribution in [0, 0.1) is 11.2 Å². The monoisotopic (exact) mass is 605 g/mol. The number of hydrogen-bond acceptors (Lipinski definition) is 10. The topological polar surface area (TPSA) is 117 Å². The van der Waals surface area contributed by atoms with Gasteiger partial charge in [-0.05, 0) is 26.8 Å². The largest absolute Gasteiger partial charge is 0.481 e. The minimum atomic E-state index is -0.916. The van der Waals surface area contributed by atoms with E-state index >= 15 is 0 Å². The number of thiazole rings is 1. The molecule has 0 saturated carbocycles. The quantitative estimate of drug-likeness (QED) is 0.415. The van der Waals surface area contributed by atoms with Crippen LogP contribution in [0.25, 0.3) is 0 Å². The van der Waals surface area contributed by atoms with Crippen LogP contribution in [-0.4, -0.2) is 95.7 Å². The molecule has 2 aromatic rings. The van der Waals surface area contributed by atoms with E-state index in [1.807, 2.05) is 5.38 Å². The SMILES string of the molecule is CCOC(=O)C1=C(CN2CCOC3CN(CC(C)(C)C(=O)O)CC32)NC(c2nccs2)=NC1c1cccc(F)c1Cl. The minimum absolute atomic E-state index is 0.0236. The van der Waals surface area contributed by atoms with Gasteiger partial charge in [-0.3, -0.25) is 19.6 Å². The summed E-state index contributed by atoms with van der Waals surface area (Å²) in [7, 11) is 0. The fourth-order valence-corrected chi connectivity index (χ4v) is 6.38. The summed E-state index contributed by atoms with van der Waals surface area (Å²) in [5.74, 6) is -1.57. The average Bonchev–Trinajstić information content (AvgIpc) is 3.60. The standard InChI is InChI=1S/C28H33ClFN5O5S/c1-4-39-26(36)21-18(12-35-9-10-40-20-14-34(13-19(20)35)15-28(2,3)27(37)38)32-24(25-31-8-11-41-25)33-23(21)16-6-5-7-17(30)22(16)29/h5-8,11,19-20,23H,4,9-10,12-15H2,1-3H3,(H,32,33)(H,37,38). The summed E-state index contributed by atoms with van der Waals surface area (Å²) in [6.45, 7) is 8.37. The number of aromatic nitrogens is 1. The molecular weight excluding hydrogens is 573 g/mol. The van der Waals surface area contributed by atoms with Crippen LogP contribution < -0.4 is 5.32 Å². The molecule has 5 rings (SSSR count). The van der Waals surface area contributed by atoms with Crippen molar-refractivity contribution in [2.24, 2.45) is 10.4 Å². The van der Waals surface area contributed by atoms with Gasteiger partial charge in [0.2, 0.25) is 0 Å². The molecule has 3 atom stereocenters. The van der Waals surface area contributed by atoms with Gasteiger partial charge in [-0.15, -0.1) is 11.3 Å². The Labute approximate surface area is 246 Å². The van der Waals surface area contributed by atoms with Crippen molar-refractivity contribution in [3.63, 3.8) is 0 Å². The van der Waals surface area contributed by atoms with E-state index < -0.39 is 29.2 Å². The van der Waals surface area contributed by atoms with Crippen molar-refractivity contribution in [1.82, 2.24) is 20.1 Å². The van der Waals surface area contributed by atoms with E-state index in [1.165, 1.54) is 23.5 Å². The first-order valence-electron chi connectivity index (χ1n) is 13.5. The summed E-state index contributed by atoms with van der Waals surface area (Å²) in [6.07, 6.45) is 1.56. The second-order valence-electron chi connectivity index (χ2n) is 10.9. The molecule has 2 fully saturated rings. The molecule has 0 bridgehead atoms. The summed E-state index contributed by atoms with van der Waals surface area (Å²) >= 11 is 7.81. The molecule has 2 N–H and O–H groups in total. The van der Waals surface area contributed by atoms with E-state index in [0.717, 1.165) is 0 Å². The van der Waals surface area contributed by atoms with Gasteiger partial charge in [0.15, 0.2) is 10.8 Å². The Bertz CT molecular complexity index is 1370. The van der Waals surface area contributed by atoms with Gasteiger partial charge < -0.3 is 19.9 Å². The smallest absolute Gasteiger partial charge is 0.338 e. The number of esters is 1. The van der Waals surface area contributed by atoms with Crippen LogP contribution in [0.3, 0.4) is 0 Å². The van der Waals surface area contributed by atoms with E-state index in [9.17, 15) is 19.1 Å². The lowest BCUT2D eigenvalue weighted by Gasteiger charge is -2.38. The number of hydrogen-bond donors (Lipinski definition) is 2. The fraction of sp³-hybridized carbons (Fsp3) is 0.500. The summed E-state index contributed by atoms with van der Waals surface area (Å²) < 4.78 is 26.2. The van der Waals surface area contributed by atoms with Crippen molar-refractivity contribution in [2.45, 2.75) is 39.0 Å². The first kappa shape index (κ1) is 29.6. The van der Waals surface area contributed by atoms with Crippen LogP contribution in [0.1, 0.15) is 37.4 Å². The van der Waals surface area contributed by atoms with Crippen LogP contribution in [0.4, 0.5) is 4.39 Å². The molecule has 13 heteroatoms. The van der Waals surface area contributed by atoms with Crippen LogP contribution in [0.5, 0.6) is 0 Å². The first-order valence-corrected chi connectivity index (χ1v) is 14.7. The van der Waals surface area contributed by atoms with Gasteiger partial charge in [0.05, 0.1) is 41.4 Å². The number of aliphatic carboxylic acids is 1. The maximum absolute atomic E-state index is 14.6. The number of amidine groups is 1. The zero-order chi connectivity index (χ0) is 29.3. The number of aliphatic imine (C=N–C) groups is 1. The van der Waals surface area contributed by atoms with Crippen LogP contribution in [-0.2, 0) is 19.1 Å². The molecule has 1 aromatic heterocycles. The highest BCUT2D eigenvalue weighted by Crippen LogP contribution is 2.38. The van der Waals surface area contributed by atoms with E-state index in [2.05, 4.69) is 20.1 Å². The number of ether oxygens (including phenoxy) is 2. The van der Waals surface area contributed by atoms with Gasteiger partial charge in [0, 0.05) is 55.6 Å².